The molecule has 5 nitrogen and oxygen atoms in total. The van der Waals surface area contributed by atoms with Crippen molar-refractivity contribution in [1.29, 1.82) is 0 Å². The second kappa shape index (κ2) is 7.87. The maximum absolute atomic E-state index is 12.8. The van der Waals surface area contributed by atoms with Gasteiger partial charge in [-0.2, -0.15) is 0 Å². The fourth-order valence-corrected chi connectivity index (χ4v) is 4.91. The highest BCUT2D eigenvalue weighted by Crippen LogP contribution is 2.31. The summed E-state index contributed by atoms with van der Waals surface area (Å²) in [6.07, 6.45) is 3.73. The minimum absolute atomic E-state index is 0.191. The molecule has 2 bridgehead atoms. The van der Waals surface area contributed by atoms with Crippen LogP contribution in [0.4, 0.5) is 0 Å². The molecule has 1 N–H and O–H groups in total. The largest absolute Gasteiger partial charge is 0.349 e. The molecule has 2 aliphatic rings. The summed E-state index contributed by atoms with van der Waals surface area (Å²) < 4.78 is 0. The third kappa shape index (κ3) is 4.42. The molecule has 6 heteroatoms. The second-order valence-corrected chi connectivity index (χ2v) is 8.97. The van der Waals surface area contributed by atoms with E-state index in [-0.39, 0.29) is 11.8 Å². The van der Waals surface area contributed by atoms with E-state index in [0.717, 1.165) is 37.4 Å². The van der Waals surface area contributed by atoms with Crippen molar-refractivity contribution in [3.05, 3.63) is 21.9 Å². The molecule has 0 spiro atoms. The molecule has 1 aromatic rings. The number of fused-ring (bicyclic) bond motifs is 2. The van der Waals surface area contributed by atoms with E-state index in [1.54, 1.807) is 16.2 Å². The van der Waals surface area contributed by atoms with Crippen LogP contribution in [-0.2, 0) is 4.79 Å². The first-order valence-corrected chi connectivity index (χ1v) is 10.0. The number of hydrogen-bond acceptors (Lipinski definition) is 4. The van der Waals surface area contributed by atoms with Crippen molar-refractivity contribution in [2.75, 3.05) is 33.7 Å². The molecule has 25 heavy (non-hydrogen) atoms. The number of aryl methyl sites for hydroxylation is 1. The Morgan fingerprint density at radius 1 is 1.32 bits per heavy atom. The van der Waals surface area contributed by atoms with Crippen LogP contribution in [0.5, 0.6) is 0 Å². The van der Waals surface area contributed by atoms with E-state index in [1.165, 1.54) is 11.3 Å². The fourth-order valence-electron chi connectivity index (χ4n) is 4.08. The molecule has 138 valence electrons. The van der Waals surface area contributed by atoms with Crippen LogP contribution in [0.1, 0.15) is 40.2 Å². The maximum Gasteiger partial charge on any atom is 0.263 e. The monoisotopic (exact) mass is 363 g/mol. The lowest BCUT2D eigenvalue weighted by molar-refractivity contribution is -0.128. The van der Waals surface area contributed by atoms with Crippen LogP contribution in [0, 0.1) is 18.8 Å². The molecule has 0 aromatic carbocycles. The van der Waals surface area contributed by atoms with Gasteiger partial charge in [-0.25, -0.2) is 0 Å². The van der Waals surface area contributed by atoms with Crippen molar-refractivity contribution < 1.29 is 9.59 Å². The van der Waals surface area contributed by atoms with Crippen LogP contribution in [0.25, 0.3) is 0 Å². The second-order valence-electron chi connectivity index (χ2n) is 7.68. The summed E-state index contributed by atoms with van der Waals surface area (Å²) in [6, 6.07) is 4.40. The molecular weight excluding hydrogens is 334 g/mol. The molecule has 3 rings (SSSR count). The molecule has 0 radical (unpaired) electrons. The van der Waals surface area contributed by atoms with Gasteiger partial charge in [0, 0.05) is 44.5 Å². The average Bonchev–Trinajstić information content (AvgIpc) is 3.02. The van der Waals surface area contributed by atoms with Crippen LogP contribution in [0.2, 0.25) is 0 Å². The first kappa shape index (κ1) is 18.4. The van der Waals surface area contributed by atoms with Gasteiger partial charge >= 0.3 is 0 Å². The SMILES string of the molecule is Cc1ccc(C(=O)N2C[C@@H]3CN[C@H](CCCC(=O)N(C)C)[C@H](C3)C2)s1. The van der Waals surface area contributed by atoms with E-state index in [9.17, 15) is 9.59 Å². The fraction of sp³-hybridized carbons (Fsp3) is 0.684. The number of rotatable bonds is 5. The van der Waals surface area contributed by atoms with Crippen LogP contribution in [0.3, 0.4) is 0 Å². The Hall–Kier alpha value is -1.40. The van der Waals surface area contributed by atoms with Gasteiger partial charge in [-0.15, -0.1) is 11.3 Å². The van der Waals surface area contributed by atoms with Crippen molar-refractivity contribution >= 4 is 23.2 Å². The number of carbonyl (C=O) groups is 2. The van der Waals surface area contributed by atoms with E-state index in [0.29, 0.717) is 24.3 Å². The maximum atomic E-state index is 12.8. The molecule has 3 heterocycles. The van der Waals surface area contributed by atoms with Gasteiger partial charge in [0.25, 0.3) is 5.91 Å². The van der Waals surface area contributed by atoms with Crippen molar-refractivity contribution in [2.24, 2.45) is 11.8 Å². The van der Waals surface area contributed by atoms with Crippen LogP contribution in [0.15, 0.2) is 12.1 Å². The Kier molecular flexibility index (Phi) is 5.79. The Balaban J connectivity index is 1.56. The van der Waals surface area contributed by atoms with Gasteiger partial charge in [0.05, 0.1) is 4.88 Å². The predicted molar refractivity (Wildman–Crippen MR) is 101 cm³/mol. The lowest BCUT2D eigenvalue weighted by Crippen LogP contribution is -2.57. The number of carbonyl (C=O) groups excluding carboxylic acids is 2. The van der Waals surface area contributed by atoms with E-state index < -0.39 is 0 Å². The summed E-state index contributed by atoms with van der Waals surface area (Å²) in [5, 5.41) is 3.67. The molecule has 0 aliphatic carbocycles. The number of nitrogens with zero attached hydrogens (tertiary/aromatic N) is 2. The van der Waals surface area contributed by atoms with Crippen LogP contribution >= 0.6 is 11.3 Å². The number of thiophene rings is 1. The summed E-state index contributed by atoms with van der Waals surface area (Å²) in [5.74, 6) is 1.45. The van der Waals surface area contributed by atoms with Gasteiger partial charge in [0.2, 0.25) is 5.91 Å². The van der Waals surface area contributed by atoms with E-state index in [2.05, 4.69) is 10.2 Å². The first-order chi connectivity index (χ1) is 11.9. The molecule has 0 unspecified atom stereocenters. The number of nitrogens with one attached hydrogen (secondary N) is 1. The van der Waals surface area contributed by atoms with Crippen LogP contribution in [-0.4, -0.2) is 61.4 Å². The van der Waals surface area contributed by atoms with Crippen LogP contribution < -0.4 is 5.32 Å². The van der Waals surface area contributed by atoms with Gasteiger partial charge in [-0.1, -0.05) is 0 Å². The minimum atomic E-state index is 0.191. The van der Waals surface area contributed by atoms with Crippen molar-refractivity contribution in [3.63, 3.8) is 0 Å². The quantitative estimate of drug-likeness (QED) is 0.874. The smallest absolute Gasteiger partial charge is 0.263 e. The summed E-state index contributed by atoms with van der Waals surface area (Å²) in [7, 11) is 3.62. The highest BCUT2D eigenvalue weighted by atomic mass is 32.1. The Labute approximate surface area is 154 Å². The molecular formula is C19H29N3O2S. The standard InChI is InChI=1S/C19H29N3O2S/c1-13-7-8-17(25-13)19(24)22-11-14-9-15(12-22)16(20-10-14)5-4-6-18(23)21(2)3/h7-8,14-16,20H,4-6,9-12H2,1-3H3/t14-,15+,16+/m0/s1. The molecule has 2 saturated heterocycles. The zero-order valence-corrected chi connectivity index (χ0v) is 16.3. The third-order valence-electron chi connectivity index (χ3n) is 5.45. The number of piperidine rings is 2. The van der Waals surface area contributed by atoms with E-state index >= 15 is 0 Å². The molecule has 2 aliphatic heterocycles. The predicted octanol–water partition coefficient (Wildman–Crippen LogP) is 2.37. The molecule has 3 atom stereocenters. The Bertz CT molecular complexity index is 628. The Morgan fingerprint density at radius 2 is 2.12 bits per heavy atom. The van der Waals surface area contributed by atoms with Gasteiger partial charge < -0.3 is 15.1 Å². The molecule has 2 fully saturated rings. The summed E-state index contributed by atoms with van der Waals surface area (Å²) in [5.41, 5.74) is 0. The molecule has 0 saturated carbocycles. The summed E-state index contributed by atoms with van der Waals surface area (Å²) >= 11 is 1.59. The zero-order chi connectivity index (χ0) is 18.0. The number of amides is 2. The highest BCUT2D eigenvalue weighted by molar-refractivity contribution is 7.13. The van der Waals surface area contributed by atoms with Gasteiger partial charge in [-0.05, 0) is 56.7 Å². The first-order valence-electron chi connectivity index (χ1n) is 9.23. The van der Waals surface area contributed by atoms with E-state index in [1.807, 2.05) is 33.2 Å². The van der Waals surface area contributed by atoms with Gasteiger partial charge in [0.1, 0.15) is 0 Å². The number of hydrogen-bond donors (Lipinski definition) is 1. The summed E-state index contributed by atoms with van der Waals surface area (Å²) in [6.45, 7) is 4.73. The highest BCUT2D eigenvalue weighted by Gasteiger charge is 2.38. The van der Waals surface area contributed by atoms with Crippen molar-refractivity contribution in [2.45, 2.75) is 38.6 Å². The van der Waals surface area contributed by atoms with Crippen molar-refractivity contribution in [1.82, 2.24) is 15.1 Å². The van der Waals surface area contributed by atoms with Crippen molar-refractivity contribution in [3.8, 4) is 0 Å². The van der Waals surface area contributed by atoms with Gasteiger partial charge in [-0.3, -0.25) is 9.59 Å². The third-order valence-corrected chi connectivity index (χ3v) is 6.44. The minimum Gasteiger partial charge on any atom is -0.349 e. The molecule has 2 amide bonds. The zero-order valence-electron chi connectivity index (χ0n) is 15.5. The lowest BCUT2D eigenvalue weighted by atomic mass is 9.79. The molecule has 1 aromatic heterocycles. The average molecular weight is 364 g/mol. The lowest BCUT2D eigenvalue weighted by Gasteiger charge is -2.46. The van der Waals surface area contributed by atoms with Gasteiger partial charge in [0.15, 0.2) is 0 Å². The normalized spacial score (nSPS) is 25.7. The Morgan fingerprint density at radius 3 is 2.80 bits per heavy atom. The summed E-state index contributed by atoms with van der Waals surface area (Å²) in [4.78, 5) is 30.3. The number of likely N-dealkylation sites (tertiary alicyclic amines) is 1. The topological polar surface area (TPSA) is 52.7 Å². The van der Waals surface area contributed by atoms with E-state index in [4.69, 9.17) is 0 Å².